The fourth-order valence-corrected chi connectivity index (χ4v) is 3.34. The van der Waals surface area contributed by atoms with Gasteiger partial charge in [0.15, 0.2) is 0 Å². The highest BCUT2D eigenvalue weighted by Crippen LogP contribution is 2.23. The lowest BCUT2D eigenvalue weighted by Crippen LogP contribution is -2.39. The number of nitrogens with one attached hydrogen (secondary N) is 1. The van der Waals surface area contributed by atoms with E-state index >= 15 is 0 Å². The van der Waals surface area contributed by atoms with E-state index in [0.717, 1.165) is 19.5 Å². The van der Waals surface area contributed by atoms with Crippen LogP contribution in [0.5, 0.6) is 0 Å². The number of carbonyl (C=O) groups excluding carboxylic acids is 1. The lowest BCUT2D eigenvalue weighted by atomic mass is 9.95. The van der Waals surface area contributed by atoms with E-state index in [2.05, 4.69) is 10.2 Å². The van der Waals surface area contributed by atoms with Crippen molar-refractivity contribution in [1.29, 1.82) is 0 Å². The van der Waals surface area contributed by atoms with E-state index in [-0.39, 0.29) is 0 Å². The lowest BCUT2D eigenvalue weighted by Gasteiger charge is -2.30. The minimum absolute atomic E-state index is 0.371. The number of hydrogen-bond acceptors (Lipinski definition) is 2. The van der Waals surface area contributed by atoms with Gasteiger partial charge < -0.3 is 10.2 Å². The molecule has 1 saturated carbocycles. The second kappa shape index (κ2) is 7.13. The summed E-state index contributed by atoms with van der Waals surface area (Å²) in [6.07, 6.45) is 10.9. The molecule has 3 heteroatoms. The maximum absolute atomic E-state index is 12.3. The van der Waals surface area contributed by atoms with E-state index in [1.807, 2.05) is 7.05 Å². The minimum Gasteiger partial charge on any atom is -0.343 e. The van der Waals surface area contributed by atoms with E-state index in [1.54, 1.807) is 0 Å². The van der Waals surface area contributed by atoms with Crippen molar-refractivity contribution in [2.24, 2.45) is 5.92 Å². The number of amides is 1. The van der Waals surface area contributed by atoms with Gasteiger partial charge in [0, 0.05) is 19.5 Å². The molecule has 2 rings (SSSR count). The Morgan fingerprint density at radius 3 is 2.44 bits per heavy atom. The molecule has 2 aliphatic rings. The average Bonchev–Trinajstić information content (AvgIpc) is 2.68. The van der Waals surface area contributed by atoms with Gasteiger partial charge in [-0.15, -0.1) is 0 Å². The van der Waals surface area contributed by atoms with Gasteiger partial charge in [0.2, 0.25) is 5.91 Å². The zero-order valence-electron chi connectivity index (χ0n) is 11.8. The summed E-state index contributed by atoms with van der Waals surface area (Å²) in [4.78, 5) is 14.4. The molecule has 0 spiro atoms. The number of hydrogen-bond donors (Lipinski definition) is 1. The van der Waals surface area contributed by atoms with Gasteiger partial charge in [-0.1, -0.05) is 25.7 Å². The first-order chi connectivity index (χ1) is 8.77. The first-order valence-electron chi connectivity index (χ1n) is 7.74. The van der Waals surface area contributed by atoms with Gasteiger partial charge in [-0.25, -0.2) is 0 Å². The molecule has 0 radical (unpaired) electrons. The normalized spacial score (nSPS) is 26.6. The Kier molecular flexibility index (Phi) is 5.48. The number of carbonyl (C=O) groups is 1. The van der Waals surface area contributed by atoms with Gasteiger partial charge in [0.1, 0.15) is 0 Å². The first-order valence-corrected chi connectivity index (χ1v) is 7.74. The zero-order valence-corrected chi connectivity index (χ0v) is 11.8. The molecule has 0 aromatic heterocycles. The summed E-state index contributed by atoms with van der Waals surface area (Å²) in [5.41, 5.74) is 0. The predicted molar refractivity (Wildman–Crippen MR) is 74.5 cm³/mol. The van der Waals surface area contributed by atoms with Crippen LogP contribution in [0.3, 0.4) is 0 Å². The van der Waals surface area contributed by atoms with Crippen LogP contribution < -0.4 is 5.32 Å². The molecule has 18 heavy (non-hydrogen) atoms. The fraction of sp³-hybridized carbons (Fsp3) is 0.933. The number of rotatable bonds is 3. The molecular formula is C15H28N2O. The van der Waals surface area contributed by atoms with Crippen molar-refractivity contribution in [2.45, 2.75) is 63.8 Å². The molecule has 1 saturated heterocycles. The van der Waals surface area contributed by atoms with E-state index in [4.69, 9.17) is 0 Å². The largest absolute Gasteiger partial charge is 0.343 e. The number of nitrogens with zero attached hydrogens (tertiary/aromatic N) is 1. The second-order valence-corrected chi connectivity index (χ2v) is 6.07. The van der Waals surface area contributed by atoms with Gasteiger partial charge in [-0.3, -0.25) is 4.79 Å². The van der Waals surface area contributed by atoms with E-state index in [9.17, 15) is 4.79 Å². The maximum Gasteiger partial charge on any atom is 0.222 e. The topological polar surface area (TPSA) is 32.3 Å². The molecule has 0 aromatic carbocycles. The van der Waals surface area contributed by atoms with Crippen molar-refractivity contribution in [3.8, 4) is 0 Å². The summed E-state index contributed by atoms with van der Waals surface area (Å²) in [6, 6.07) is 0.511. The summed E-state index contributed by atoms with van der Waals surface area (Å²) in [6.45, 7) is 2.16. The molecule has 1 aliphatic carbocycles. The van der Waals surface area contributed by atoms with E-state index < -0.39 is 0 Å². The van der Waals surface area contributed by atoms with Crippen molar-refractivity contribution < 1.29 is 4.79 Å². The van der Waals surface area contributed by atoms with Crippen molar-refractivity contribution >= 4 is 5.91 Å². The van der Waals surface area contributed by atoms with Crippen molar-refractivity contribution in [3.05, 3.63) is 0 Å². The molecule has 104 valence electrons. The van der Waals surface area contributed by atoms with Crippen molar-refractivity contribution in [1.82, 2.24) is 10.2 Å². The van der Waals surface area contributed by atoms with Gasteiger partial charge in [0.25, 0.3) is 0 Å². The van der Waals surface area contributed by atoms with Crippen LogP contribution >= 0.6 is 0 Å². The molecule has 0 bridgehead atoms. The van der Waals surface area contributed by atoms with E-state index in [0.29, 0.717) is 17.9 Å². The Bertz CT molecular complexity index is 253. The smallest absolute Gasteiger partial charge is 0.222 e. The van der Waals surface area contributed by atoms with Crippen molar-refractivity contribution in [3.63, 3.8) is 0 Å². The van der Waals surface area contributed by atoms with Crippen LogP contribution in [-0.2, 0) is 4.79 Å². The summed E-state index contributed by atoms with van der Waals surface area (Å²) >= 11 is 0. The highest BCUT2D eigenvalue weighted by Gasteiger charge is 2.24. The molecule has 1 amide bonds. The Morgan fingerprint density at radius 1 is 1.11 bits per heavy atom. The molecule has 1 N–H and O–H groups in total. The van der Waals surface area contributed by atoms with Gasteiger partial charge >= 0.3 is 0 Å². The third kappa shape index (κ3) is 3.98. The standard InChI is InChI=1S/C15H28N2O/c1-17(14-8-4-2-3-5-9-14)15(18)11-13-7-6-10-16-12-13/h13-14,16H,2-12H2,1H3. The van der Waals surface area contributed by atoms with Crippen LogP contribution in [0.25, 0.3) is 0 Å². The molecule has 2 fully saturated rings. The summed E-state index contributed by atoms with van der Waals surface area (Å²) in [7, 11) is 2.02. The molecular weight excluding hydrogens is 224 g/mol. The molecule has 0 aromatic rings. The summed E-state index contributed by atoms with van der Waals surface area (Å²) in [5.74, 6) is 0.940. The molecule has 1 aliphatic heterocycles. The summed E-state index contributed by atoms with van der Waals surface area (Å²) < 4.78 is 0. The predicted octanol–water partition coefficient (Wildman–Crippen LogP) is 2.56. The first kappa shape index (κ1) is 13.9. The van der Waals surface area contributed by atoms with Crippen LogP contribution in [0, 0.1) is 5.92 Å². The SMILES string of the molecule is CN(C(=O)CC1CCCNC1)C1CCCCCC1. The Morgan fingerprint density at radius 2 is 1.83 bits per heavy atom. The van der Waals surface area contributed by atoms with Crippen LogP contribution in [0.1, 0.15) is 57.8 Å². The minimum atomic E-state index is 0.371. The molecule has 3 nitrogen and oxygen atoms in total. The highest BCUT2D eigenvalue weighted by molar-refractivity contribution is 5.76. The lowest BCUT2D eigenvalue weighted by molar-refractivity contribution is -0.133. The Balaban J connectivity index is 1.79. The maximum atomic E-state index is 12.3. The monoisotopic (exact) mass is 252 g/mol. The zero-order chi connectivity index (χ0) is 12.8. The fourth-order valence-electron chi connectivity index (χ4n) is 3.34. The van der Waals surface area contributed by atoms with Gasteiger partial charge in [-0.05, 0) is 44.7 Å². The van der Waals surface area contributed by atoms with Crippen LogP contribution in [-0.4, -0.2) is 37.0 Å². The summed E-state index contributed by atoms with van der Waals surface area (Å²) in [5, 5.41) is 3.40. The van der Waals surface area contributed by atoms with Gasteiger partial charge in [-0.2, -0.15) is 0 Å². The number of piperidine rings is 1. The highest BCUT2D eigenvalue weighted by atomic mass is 16.2. The van der Waals surface area contributed by atoms with Gasteiger partial charge in [0.05, 0.1) is 0 Å². The molecule has 1 unspecified atom stereocenters. The van der Waals surface area contributed by atoms with Crippen molar-refractivity contribution in [2.75, 3.05) is 20.1 Å². The quantitative estimate of drug-likeness (QED) is 0.783. The van der Waals surface area contributed by atoms with E-state index in [1.165, 1.54) is 51.4 Å². The average molecular weight is 252 g/mol. The van der Waals surface area contributed by atoms with Crippen LogP contribution in [0.2, 0.25) is 0 Å². The van der Waals surface area contributed by atoms with Crippen LogP contribution in [0.15, 0.2) is 0 Å². The Labute approximate surface area is 111 Å². The third-order valence-corrected chi connectivity index (χ3v) is 4.63. The van der Waals surface area contributed by atoms with Crippen LogP contribution in [0.4, 0.5) is 0 Å². The molecule has 1 heterocycles. The second-order valence-electron chi connectivity index (χ2n) is 6.07. The molecule has 1 atom stereocenters. The Hall–Kier alpha value is -0.570. The third-order valence-electron chi connectivity index (χ3n) is 4.63.